The average Bonchev–Trinajstić information content (AvgIpc) is 2.78. The molecule has 1 atom stereocenters. The second-order valence-corrected chi connectivity index (χ2v) is 9.66. The minimum Gasteiger partial charge on any atom is -0.354 e. The van der Waals surface area contributed by atoms with E-state index in [2.05, 4.69) is 5.32 Å². The van der Waals surface area contributed by atoms with Crippen LogP contribution in [0.2, 0.25) is 0 Å². The molecule has 0 spiro atoms. The first-order chi connectivity index (χ1) is 15.2. The molecule has 0 fully saturated rings. The van der Waals surface area contributed by atoms with Gasteiger partial charge in [0.2, 0.25) is 21.8 Å². The quantitative estimate of drug-likeness (QED) is 0.495. The third-order valence-corrected chi connectivity index (χ3v) is 6.35. The Morgan fingerprint density at radius 1 is 1.00 bits per heavy atom. The van der Waals surface area contributed by atoms with Gasteiger partial charge < -0.3 is 10.2 Å². The van der Waals surface area contributed by atoms with Crippen molar-refractivity contribution in [1.29, 1.82) is 0 Å². The van der Waals surface area contributed by atoms with Gasteiger partial charge in [0.05, 0.1) is 11.9 Å². The minimum atomic E-state index is -3.69. The summed E-state index contributed by atoms with van der Waals surface area (Å²) >= 11 is 0. The van der Waals surface area contributed by atoms with Crippen LogP contribution in [0.5, 0.6) is 0 Å². The minimum absolute atomic E-state index is 0.245. The van der Waals surface area contributed by atoms with Gasteiger partial charge in [0.25, 0.3) is 0 Å². The van der Waals surface area contributed by atoms with Crippen LogP contribution in [0.4, 0.5) is 5.69 Å². The van der Waals surface area contributed by atoms with Gasteiger partial charge in [0, 0.05) is 13.1 Å². The summed E-state index contributed by atoms with van der Waals surface area (Å²) in [6.07, 6.45) is 3.43. The summed E-state index contributed by atoms with van der Waals surface area (Å²) in [7, 11) is -3.69. The van der Waals surface area contributed by atoms with Crippen molar-refractivity contribution < 1.29 is 18.0 Å². The first-order valence-electron chi connectivity index (χ1n) is 10.9. The lowest BCUT2D eigenvalue weighted by Gasteiger charge is -2.31. The number of amides is 2. The van der Waals surface area contributed by atoms with Gasteiger partial charge in [-0.3, -0.25) is 13.9 Å². The second kappa shape index (κ2) is 12.2. The monoisotopic (exact) mass is 459 g/mol. The third kappa shape index (κ3) is 7.67. The molecular weight excluding hydrogens is 426 g/mol. The summed E-state index contributed by atoms with van der Waals surface area (Å²) in [5.74, 6) is -0.668. The molecule has 0 bridgehead atoms. The van der Waals surface area contributed by atoms with E-state index in [1.807, 2.05) is 37.3 Å². The van der Waals surface area contributed by atoms with Crippen molar-refractivity contribution in [2.24, 2.45) is 0 Å². The Balaban J connectivity index is 2.23. The number of anilines is 1. The molecule has 32 heavy (non-hydrogen) atoms. The number of carbonyl (C=O) groups excluding carboxylic acids is 2. The third-order valence-electron chi connectivity index (χ3n) is 5.20. The van der Waals surface area contributed by atoms with Gasteiger partial charge in [0.1, 0.15) is 12.6 Å². The Hall–Kier alpha value is -2.87. The standard InChI is InChI=1S/C24H33N3O4S/c1-4-5-17-25-24(29)20(2)26(18-16-21-12-8-6-9-13-21)23(28)19-27(32(3,30)31)22-14-10-7-11-15-22/h6-15,20H,4-5,16-19H2,1-3H3,(H,25,29)/t20-/m1/s1. The predicted molar refractivity (Wildman–Crippen MR) is 128 cm³/mol. The number of nitrogens with one attached hydrogen (secondary N) is 1. The lowest BCUT2D eigenvalue weighted by Crippen LogP contribution is -2.52. The maximum atomic E-state index is 13.3. The highest BCUT2D eigenvalue weighted by Crippen LogP contribution is 2.17. The Kier molecular flexibility index (Phi) is 9.71. The van der Waals surface area contributed by atoms with Crippen molar-refractivity contribution >= 4 is 27.5 Å². The molecule has 0 aromatic heterocycles. The van der Waals surface area contributed by atoms with Gasteiger partial charge in [-0.1, -0.05) is 61.9 Å². The van der Waals surface area contributed by atoms with Crippen LogP contribution in [0.25, 0.3) is 0 Å². The summed E-state index contributed by atoms with van der Waals surface area (Å²) in [5.41, 5.74) is 1.44. The number of sulfonamides is 1. The zero-order valence-electron chi connectivity index (χ0n) is 19.0. The molecule has 0 radical (unpaired) electrons. The number of hydrogen-bond donors (Lipinski definition) is 1. The number of nitrogens with zero attached hydrogens (tertiary/aromatic N) is 2. The highest BCUT2D eigenvalue weighted by molar-refractivity contribution is 7.92. The maximum Gasteiger partial charge on any atom is 0.244 e. The zero-order chi connectivity index (χ0) is 23.6. The van der Waals surface area contributed by atoms with Gasteiger partial charge in [0.15, 0.2) is 0 Å². The van der Waals surface area contributed by atoms with E-state index in [9.17, 15) is 18.0 Å². The van der Waals surface area contributed by atoms with Crippen LogP contribution in [-0.2, 0) is 26.0 Å². The van der Waals surface area contributed by atoms with Crippen LogP contribution in [-0.4, -0.2) is 57.1 Å². The van der Waals surface area contributed by atoms with Gasteiger partial charge in [-0.05, 0) is 37.5 Å². The van der Waals surface area contributed by atoms with Crippen LogP contribution >= 0.6 is 0 Å². The topological polar surface area (TPSA) is 86.8 Å². The van der Waals surface area contributed by atoms with Crippen molar-refractivity contribution in [2.45, 2.75) is 39.2 Å². The average molecular weight is 460 g/mol. The van der Waals surface area contributed by atoms with E-state index < -0.39 is 22.0 Å². The van der Waals surface area contributed by atoms with E-state index in [4.69, 9.17) is 0 Å². The molecule has 174 valence electrons. The highest BCUT2D eigenvalue weighted by atomic mass is 32.2. The van der Waals surface area contributed by atoms with Crippen LogP contribution in [0.1, 0.15) is 32.3 Å². The molecule has 0 unspecified atom stereocenters. The fraction of sp³-hybridized carbons (Fsp3) is 0.417. The van der Waals surface area contributed by atoms with E-state index in [0.717, 1.165) is 29.0 Å². The zero-order valence-corrected chi connectivity index (χ0v) is 19.8. The first kappa shape index (κ1) is 25.4. The molecule has 1 N–H and O–H groups in total. The number of unbranched alkanes of at least 4 members (excludes halogenated alkanes) is 1. The number of rotatable bonds is 12. The molecule has 2 aromatic carbocycles. The Morgan fingerprint density at radius 2 is 1.59 bits per heavy atom. The molecule has 0 saturated carbocycles. The van der Waals surface area contributed by atoms with Crippen molar-refractivity contribution in [3.63, 3.8) is 0 Å². The lowest BCUT2D eigenvalue weighted by atomic mass is 10.1. The molecule has 2 amide bonds. The molecule has 0 aliphatic heterocycles. The summed E-state index contributed by atoms with van der Waals surface area (Å²) in [6, 6.07) is 17.5. The molecule has 2 rings (SSSR count). The van der Waals surface area contributed by atoms with Crippen LogP contribution in [0.3, 0.4) is 0 Å². The van der Waals surface area contributed by atoms with E-state index >= 15 is 0 Å². The van der Waals surface area contributed by atoms with E-state index in [1.54, 1.807) is 37.3 Å². The summed E-state index contributed by atoms with van der Waals surface area (Å²) in [6.45, 7) is 4.19. The van der Waals surface area contributed by atoms with Crippen molar-refractivity contribution in [1.82, 2.24) is 10.2 Å². The molecule has 0 saturated heterocycles. The fourth-order valence-electron chi connectivity index (χ4n) is 3.31. The summed E-state index contributed by atoms with van der Waals surface area (Å²) in [5, 5.41) is 2.87. The second-order valence-electron chi connectivity index (χ2n) is 7.75. The SMILES string of the molecule is CCCCNC(=O)[C@@H](C)N(CCc1ccccc1)C(=O)CN(c1ccccc1)S(C)(=O)=O. The van der Waals surface area contributed by atoms with E-state index in [1.165, 1.54) is 4.90 Å². The number of benzene rings is 2. The molecule has 0 heterocycles. The first-order valence-corrected chi connectivity index (χ1v) is 12.7. The van der Waals surface area contributed by atoms with E-state index in [0.29, 0.717) is 25.2 Å². The predicted octanol–water partition coefficient (Wildman–Crippen LogP) is 2.83. The Labute approximate surface area is 191 Å². The molecular formula is C24H33N3O4S. The molecule has 8 heteroatoms. The van der Waals surface area contributed by atoms with Gasteiger partial charge in [-0.2, -0.15) is 0 Å². The van der Waals surface area contributed by atoms with Crippen LogP contribution in [0.15, 0.2) is 60.7 Å². The van der Waals surface area contributed by atoms with Crippen molar-refractivity contribution in [2.75, 3.05) is 30.2 Å². The summed E-state index contributed by atoms with van der Waals surface area (Å²) in [4.78, 5) is 27.5. The smallest absolute Gasteiger partial charge is 0.244 e. The largest absolute Gasteiger partial charge is 0.354 e. The van der Waals surface area contributed by atoms with Gasteiger partial charge >= 0.3 is 0 Å². The number of para-hydroxylation sites is 1. The highest BCUT2D eigenvalue weighted by Gasteiger charge is 2.29. The molecule has 2 aromatic rings. The van der Waals surface area contributed by atoms with Gasteiger partial charge in [-0.15, -0.1) is 0 Å². The molecule has 7 nitrogen and oxygen atoms in total. The summed E-state index contributed by atoms with van der Waals surface area (Å²) < 4.78 is 25.9. The van der Waals surface area contributed by atoms with Gasteiger partial charge in [-0.25, -0.2) is 8.42 Å². The Bertz CT molecular complexity index is 965. The van der Waals surface area contributed by atoms with Crippen molar-refractivity contribution in [3.05, 3.63) is 66.2 Å². The fourth-order valence-corrected chi connectivity index (χ4v) is 4.16. The maximum absolute atomic E-state index is 13.3. The van der Waals surface area contributed by atoms with E-state index in [-0.39, 0.29) is 12.5 Å². The molecule has 0 aliphatic carbocycles. The van der Waals surface area contributed by atoms with Crippen molar-refractivity contribution in [3.8, 4) is 0 Å². The Morgan fingerprint density at radius 3 is 2.16 bits per heavy atom. The van der Waals surface area contributed by atoms with Crippen LogP contribution < -0.4 is 9.62 Å². The number of hydrogen-bond acceptors (Lipinski definition) is 4. The lowest BCUT2D eigenvalue weighted by molar-refractivity contribution is -0.138. The van der Waals surface area contributed by atoms with Crippen LogP contribution in [0, 0.1) is 0 Å². The number of carbonyl (C=O) groups is 2. The normalized spacial score (nSPS) is 12.1. The molecule has 0 aliphatic rings.